The highest BCUT2D eigenvalue weighted by Crippen LogP contribution is 2.31. The Balaban J connectivity index is 0.00000122. The first kappa shape index (κ1) is 26.4. The van der Waals surface area contributed by atoms with E-state index >= 15 is 0 Å². The summed E-state index contributed by atoms with van der Waals surface area (Å²) in [5, 5.41) is 10.7. The molecular formula is C25H36N2O6. The fraction of sp³-hybridized carbons (Fsp3) is 0.560. The number of rotatable bonds is 7. The summed E-state index contributed by atoms with van der Waals surface area (Å²) in [6.45, 7) is 6.10. The van der Waals surface area contributed by atoms with Gasteiger partial charge >= 0.3 is 5.63 Å². The van der Waals surface area contributed by atoms with Gasteiger partial charge < -0.3 is 24.5 Å². The number of amides is 1. The van der Waals surface area contributed by atoms with Crippen LogP contribution < -0.4 is 15.7 Å². The molecule has 8 nitrogen and oxygen atoms in total. The molecule has 2 aromatic rings. The van der Waals surface area contributed by atoms with Crippen LogP contribution >= 0.6 is 0 Å². The Morgan fingerprint density at radius 1 is 1.27 bits per heavy atom. The highest BCUT2D eigenvalue weighted by atomic mass is 16.5. The second kappa shape index (κ2) is 12.4. The molecule has 0 spiro atoms. The summed E-state index contributed by atoms with van der Waals surface area (Å²) in [4.78, 5) is 35.2. The molecule has 1 unspecified atom stereocenters. The lowest BCUT2D eigenvalue weighted by atomic mass is 9.85. The third-order valence-corrected chi connectivity index (χ3v) is 6.20. The van der Waals surface area contributed by atoms with Crippen molar-refractivity contribution in [1.29, 1.82) is 0 Å². The van der Waals surface area contributed by atoms with Gasteiger partial charge in [-0.2, -0.15) is 0 Å². The summed E-state index contributed by atoms with van der Waals surface area (Å²) in [6, 6.07) is 5.88. The second-order valence-corrected chi connectivity index (χ2v) is 8.83. The molecule has 0 saturated heterocycles. The molecule has 1 amide bonds. The smallest absolute Gasteiger partial charge is 0.336 e. The van der Waals surface area contributed by atoms with E-state index in [2.05, 4.69) is 24.3 Å². The van der Waals surface area contributed by atoms with Gasteiger partial charge in [-0.05, 0) is 89.2 Å². The zero-order valence-corrected chi connectivity index (χ0v) is 20.2. The first-order valence-corrected chi connectivity index (χ1v) is 11.5. The number of aryl methyl sites for hydroxylation is 2. The summed E-state index contributed by atoms with van der Waals surface area (Å²) in [5.41, 5.74) is 1.91. The number of benzene rings is 1. The van der Waals surface area contributed by atoms with E-state index in [9.17, 15) is 9.59 Å². The van der Waals surface area contributed by atoms with Crippen molar-refractivity contribution in [2.75, 3.05) is 20.6 Å². The fourth-order valence-electron chi connectivity index (χ4n) is 4.34. The van der Waals surface area contributed by atoms with Crippen molar-refractivity contribution < 1.29 is 23.8 Å². The van der Waals surface area contributed by atoms with E-state index in [1.807, 2.05) is 26.0 Å². The molecule has 2 N–H and O–H groups in total. The number of hydrogen-bond acceptors (Lipinski definition) is 6. The molecule has 1 fully saturated rings. The maximum absolute atomic E-state index is 12.7. The van der Waals surface area contributed by atoms with Crippen LogP contribution in [-0.2, 0) is 16.0 Å². The summed E-state index contributed by atoms with van der Waals surface area (Å²) in [7, 11) is 4.27. The largest absolute Gasteiger partial charge is 0.483 e. The molecule has 1 aromatic carbocycles. The summed E-state index contributed by atoms with van der Waals surface area (Å²) < 4.78 is 11.4. The number of carbonyl (C=O) groups excluding carboxylic acids is 1. The number of carbonyl (C=O) groups is 2. The van der Waals surface area contributed by atoms with Gasteiger partial charge in [-0.1, -0.05) is 6.92 Å². The van der Waals surface area contributed by atoms with Crippen molar-refractivity contribution >= 4 is 23.3 Å². The highest BCUT2D eigenvalue weighted by molar-refractivity contribution is 5.88. The molecule has 182 valence electrons. The Kier molecular flexibility index (Phi) is 9.91. The molecule has 8 heteroatoms. The number of ether oxygens (including phenoxy) is 1. The van der Waals surface area contributed by atoms with Gasteiger partial charge in [-0.3, -0.25) is 9.59 Å². The first-order chi connectivity index (χ1) is 15.7. The van der Waals surface area contributed by atoms with E-state index < -0.39 is 6.10 Å². The Bertz CT molecular complexity index is 992. The van der Waals surface area contributed by atoms with Gasteiger partial charge in [-0.15, -0.1) is 0 Å². The molecule has 1 heterocycles. The average molecular weight is 461 g/mol. The number of fused-ring (bicyclic) bond motifs is 1. The number of carboxylic acid groups (broad SMARTS) is 1. The summed E-state index contributed by atoms with van der Waals surface area (Å²) in [5.74, 6) is 0.993. The van der Waals surface area contributed by atoms with Crippen LogP contribution in [0.4, 0.5) is 0 Å². The SMILES string of the molecule is CCc1cc(=O)oc2cc(C)cc(OC(C)C(=O)NCC3CCC(N(C)C)CC3)c12.O=CO. The Morgan fingerprint density at radius 2 is 1.91 bits per heavy atom. The summed E-state index contributed by atoms with van der Waals surface area (Å²) in [6.07, 6.45) is 4.68. The van der Waals surface area contributed by atoms with E-state index in [1.165, 1.54) is 18.9 Å². The molecule has 1 aliphatic rings. The topological polar surface area (TPSA) is 109 Å². The lowest BCUT2D eigenvalue weighted by Gasteiger charge is -2.32. The Labute approximate surface area is 194 Å². The second-order valence-electron chi connectivity index (χ2n) is 8.83. The lowest BCUT2D eigenvalue weighted by Crippen LogP contribution is -2.41. The highest BCUT2D eigenvalue weighted by Gasteiger charge is 2.24. The minimum absolute atomic E-state index is 0.116. The van der Waals surface area contributed by atoms with Crippen LogP contribution in [0.25, 0.3) is 11.0 Å². The lowest BCUT2D eigenvalue weighted by molar-refractivity contribution is -0.127. The van der Waals surface area contributed by atoms with Gasteiger partial charge in [0.05, 0.1) is 5.39 Å². The Hall–Kier alpha value is -2.87. The van der Waals surface area contributed by atoms with Crippen LogP contribution in [0.2, 0.25) is 0 Å². The van der Waals surface area contributed by atoms with Crippen LogP contribution in [0.5, 0.6) is 5.75 Å². The fourth-order valence-corrected chi connectivity index (χ4v) is 4.34. The minimum Gasteiger partial charge on any atom is -0.483 e. The van der Waals surface area contributed by atoms with E-state index in [4.69, 9.17) is 19.1 Å². The van der Waals surface area contributed by atoms with Gasteiger partial charge in [0.25, 0.3) is 12.4 Å². The predicted molar refractivity (Wildman–Crippen MR) is 128 cm³/mol. The van der Waals surface area contributed by atoms with E-state index in [1.54, 1.807) is 6.92 Å². The van der Waals surface area contributed by atoms with E-state index in [-0.39, 0.29) is 18.0 Å². The van der Waals surface area contributed by atoms with Crippen LogP contribution in [0.3, 0.4) is 0 Å². The predicted octanol–water partition coefficient (Wildman–Crippen LogP) is 3.37. The van der Waals surface area contributed by atoms with Crippen molar-refractivity contribution in [1.82, 2.24) is 10.2 Å². The van der Waals surface area contributed by atoms with Crippen LogP contribution in [-0.4, -0.2) is 55.2 Å². The molecular weight excluding hydrogens is 424 g/mol. The molecule has 0 radical (unpaired) electrons. The van der Waals surface area contributed by atoms with Gasteiger partial charge in [-0.25, -0.2) is 4.79 Å². The van der Waals surface area contributed by atoms with Crippen molar-refractivity contribution in [3.05, 3.63) is 39.7 Å². The maximum Gasteiger partial charge on any atom is 0.336 e. The normalized spacial score (nSPS) is 18.8. The van der Waals surface area contributed by atoms with Crippen LogP contribution in [0.15, 0.2) is 27.4 Å². The minimum atomic E-state index is -0.634. The zero-order valence-electron chi connectivity index (χ0n) is 20.2. The number of hydrogen-bond donors (Lipinski definition) is 2. The average Bonchev–Trinajstić information content (AvgIpc) is 2.77. The molecule has 1 aromatic heterocycles. The van der Waals surface area contributed by atoms with Crippen LogP contribution in [0, 0.1) is 12.8 Å². The van der Waals surface area contributed by atoms with Gasteiger partial charge in [0.15, 0.2) is 6.10 Å². The van der Waals surface area contributed by atoms with Gasteiger partial charge in [0.2, 0.25) is 0 Å². The molecule has 3 rings (SSSR count). The third kappa shape index (κ3) is 7.32. The van der Waals surface area contributed by atoms with Crippen molar-refractivity contribution in [3.63, 3.8) is 0 Å². The monoisotopic (exact) mass is 460 g/mol. The number of nitrogens with one attached hydrogen (secondary N) is 1. The van der Waals surface area contributed by atoms with Crippen LogP contribution in [0.1, 0.15) is 50.7 Å². The first-order valence-electron chi connectivity index (χ1n) is 11.5. The van der Waals surface area contributed by atoms with Crippen molar-refractivity contribution in [2.45, 2.75) is 65.0 Å². The van der Waals surface area contributed by atoms with E-state index in [0.29, 0.717) is 36.3 Å². The zero-order chi connectivity index (χ0) is 24.5. The maximum atomic E-state index is 12.7. The standard InChI is InChI=1S/C24H34N2O4.CH2O2/c1-6-18-13-22(27)30-21-12-15(2)11-20(23(18)21)29-16(3)24(28)25-14-17-7-9-19(10-8-17)26(4)5;2-1-3/h11-13,16-17,19H,6-10,14H2,1-5H3,(H,25,28);1H,(H,2,3). The van der Waals surface area contributed by atoms with Gasteiger partial charge in [0, 0.05) is 18.7 Å². The molecule has 1 saturated carbocycles. The summed E-state index contributed by atoms with van der Waals surface area (Å²) >= 11 is 0. The molecule has 0 aliphatic heterocycles. The molecule has 0 bridgehead atoms. The van der Waals surface area contributed by atoms with Crippen molar-refractivity contribution in [3.8, 4) is 5.75 Å². The van der Waals surface area contributed by atoms with E-state index in [0.717, 1.165) is 29.4 Å². The third-order valence-electron chi connectivity index (χ3n) is 6.20. The quantitative estimate of drug-likeness (QED) is 0.482. The number of nitrogens with zero attached hydrogens (tertiary/aromatic N) is 1. The molecule has 1 aliphatic carbocycles. The Morgan fingerprint density at radius 3 is 2.48 bits per heavy atom. The van der Waals surface area contributed by atoms with Gasteiger partial charge in [0.1, 0.15) is 11.3 Å². The van der Waals surface area contributed by atoms with Crippen molar-refractivity contribution in [2.24, 2.45) is 5.92 Å². The molecule has 1 atom stereocenters. The molecule has 33 heavy (non-hydrogen) atoms.